The number of hydrogen-bond donors (Lipinski definition) is 0. The highest BCUT2D eigenvalue weighted by molar-refractivity contribution is 6.09. The second-order valence-electron chi connectivity index (χ2n) is 7.03. The van der Waals surface area contributed by atoms with E-state index in [1.54, 1.807) is 12.2 Å². The zero-order valence-electron chi connectivity index (χ0n) is 15.5. The summed E-state index contributed by atoms with van der Waals surface area (Å²) in [6.45, 7) is 2.54. The van der Waals surface area contributed by atoms with E-state index >= 15 is 0 Å². The second-order valence-corrected chi connectivity index (χ2v) is 7.03. The van der Waals surface area contributed by atoms with Crippen LogP contribution in [0, 0.1) is 10.8 Å². The van der Waals surface area contributed by atoms with Gasteiger partial charge in [-0.2, -0.15) is 0 Å². The van der Waals surface area contributed by atoms with E-state index in [2.05, 4.69) is 22.2 Å². The normalized spacial score (nSPS) is 21.3. The molecule has 0 radical (unpaired) electrons. The highest BCUT2D eigenvalue weighted by Crippen LogP contribution is 2.29. The molecule has 1 unspecified atom stereocenters. The van der Waals surface area contributed by atoms with Crippen LogP contribution in [-0.2, 0) is 20.9 Å². The van der Waals surface area contributed by atoms with Crippen LogP contribution < -0.4 is 0 Å². The number of carbonyl (C=O) groups is 2. The van der Waals surface area contributed by atoms with Gasteiger partial charge in [-0.05, 0) is 31.5 Å². The smallest absolute Gasteiger partial charge is 0.313 e. The van der Waals surface area contributed by atoms with Crippen LogP contribution >= 0.6 is 0 Å². The minimum Gasteiger partial charge on any atom is -0.377 e. The Morgan fingerprint density at radius 2 is 1.89 bits per heavy atom. The first-order chi connectivity index (χ1) is 13.1. The van der Waals surface area contributed by atoms with Crippen LogP contribution in [0.5, 0.6) is 0 Å². The Kier molecular flexibility index (Phi) is 6.42. The standard InChI is InChI=1S/C21H24N2O4/c1-27-17-7-8-18(19(13-17)21(25)22-26)20(24)16-9-11-23(12-10-16)14-15-5-3-2-4-6-15/h2-8,16-17H,9-14H2,1H3. The Labute approximate surface area is 158 Å². The Morgan fingerprint density at radius 1 is 1.19 bits per heavy atom. The molecule has 0 aromatic heterocycles. The molecule has 1 aromatic rings. The summed E-state index contributed by atoms with van der Waals surface area (Å²) in [5, 5.41) is 2.52. The Morgan fingerprint density at radius 3 is 2.52 bits per heavy atom. The topological polar surface area (TPSA) is 76.0 Å². The first-order valence-corrected chi connectivity index (χ1v) is 9.24. The molecule has 0 spiro atoms. The number of piperidine rings is 1. The average Bonchev–Trinajstić information content (AvgIpc) is 2.73. The minimum absolute atomic E-state index is 0.0628. The summed E-state index contributed by atoms with van der Waals surface area (Å²) in [7, 11) is 1.53. The third kappa shape index (κ3) is 4.64. The average molecular weight is 368 g/mol. The number of hydrogen-bond acceptors (Lipinski definition) is 5. The summed E-state index contributed by atoms with van der Waals surface area (Å²) in [4.78, 5) is 38.0. The van der Waals surface area contributed by atoms with E-state index < -0.39 is 5.91 Å². The summed E-state index contributed by atoms with van der Waals surface area (Å²) in [6, 6.07) is 10.3. The molecule has 0 N–H and O–H groups in total. The number of methoxy groups -OCH3 is 1. The molecule has 1 fully saturated rings. The number of nitrogens with zero attached hydrogens (tertiary/aromatic N) is 2. The predicted molar refractivity (Wildman–Crippen MR) is 102 cm³/mol. The van der Waals surface area contributed by atoms with Crippen molar-refractivity contribution in [2.24, 2.45) is 11.1 Å². The van der Waals surface area contributed by atoms with Crippen LogP contribution in [0.25, 0.3) is 0 Å². The third-order valence-corrected chi connectivity index (χ3v) is 5.32. The Balaban J connectivity index is 1.65. The molecule has 1 amide bonds. The molecule has 27 heavy (non-hydrogen) atoms. The molecule has 1 aliphatic heterocycles. The lowest BCUT2D eigenvalue weighted by atomic mass is 9.83. The minimum atomic E-state index is -0.869. The second kappa shape index (κ2) is 8.97. The van der Waals surface area contributed by atoms with Crippen LogP contribution in [-0.4, -0.2) is 42.9 Å². The van der Waals surface area contributed by atoms with Crippen molar-refractivity contribution in [1.29, 1.82) is 0 Å². The molecular formula is C21H24N2O4. The number of rotatable bonds is 6. The first kappa shape index (κ1) is 19.3. The molecule has 1 atom stereocenters. The molecule has 1 heterocycles. The van der Waals surface area contributed by atoms with Crippen LogP contribution in [0.1, 0.15) is 24.8 Å². The fourth-order valence-corrected chi connectivity index (χ4v) is 3.75. The van der Waals surface area contributed by atoms with E-state index in [0.29, 0.717) is 5.57 Å². The van der Waals surface area contributed by atoms with E-state index in [0.717, 1.165) is 32.5 Å². The molecule has 142 valence electrons. The molecule has 3 rings (SSSR count). The number of carbonyl (C=O) groups excluding carboxylic acids is 2. The monoisotopic (exact) mass is 368 g/mol. The summed E-state index contributed by atoms with van der Waals surface area (Å²) >= 11 is 0. The number of amides is 1. The molecule has 6 nitrogen and oxygen atoms in total. The van der Waals surface area contributed by atoms with Gasteiger partial charge in [0.2, 0.25) is 0 Å². The van der Waals surface area contributed by atoms with Crippen LogP contribution in [0.4, 0.5) is 0 Å². The largest absolute Gasteiger partial charge is 0.377 e. The van der Waals surface area contributed by atoms with Gasteiger partial charge >= 0.3 is 5.91 Å². The summed E-state index contributed by atoms with van der Waals surface area (Å²) < 4.78 is 5.23. The summed E-state index contributed by atoms with van der Waals surface area (Å²) in [5.41, 5.74) is 1.77. The van der Waals surface area contributed by atoms with Crippen LogP contribution in [0.15, 0.2) is 58.8 Å². The zero-order valence-corrected chi connectivity index (χ0v) is 15.5. The van der Waals surface area contributed by atoms with Crippen molar-refractivity contribution in [3.8, 4) is 0 Å². The molecule has 2 aliphatic rings. The number of allylic oxidation sites excluding steroid dienone is 2. The molecule has 0 saturated carbocycles. The molecular weight excluding hydrogens is 344 g/mol. The van der Waals surface area contributed by atoms with Gasteiger partial charge < -0.3 is 4.74 Å². The van der Waals surface area contributed by atoms with E-state index in [4.69, 9.17) is 4.74 Å². The molecule has 6 heteroatoms. The van der Waals surface area contributed by atoms with Gasteiger partial charge in [-0.25, -0.2) is 0 Å². The maximum Gasteiger partial charge on any atom is 0.313 e. The lowest BCUT2D eigenvalue weighted by Gasteiger charge is -2.32. The van der Waals surface area contributed by atoms with Crippen molar-refractivity contribution in [3.63, 3.8) is 0 Å². The van der Waals surface area contributed by atoms with Gasteiger partial charge in [0.15, 0.2) is 5.78 Å². The third-order valence-electron chi connectivity index (χ3n) is 5.32. The number of Topliss-reactive ketones (excluding diaryl/α,β-unsaturated/α-hetero) is 1. The maximum atomic E-state index is 13.0. The van der Waals surface area contributed by atoms with Crippen LogP contribution in [0.3, 0.4) is 0 Å². The SMILES string of the molecule is COC1C=CC(C(=O)C2CCN(Cc3ccccc3)CC2)=C(C(=O)N=O)C1. The van der Waals surface area contributed by atoms with Gasteiger partial charge in [-0.15, -0.1) is 4.91 Å². The number of ether oxygens (including phenoxy) is 1. The fourth-order valence-electron chi connectivity index (χ4n) is 3.75. The molecule has 0 bridgehead atoms. The highest BCUT2D eigenvalue weighted by atomic mass is 16.5. The van der Waals surface area contributed by atoms with Gasteiger partial charge in [0.1, 0.15) is 0 Å². The van der Waals surface area contributed by atoms with Gasteiger partial charge in [0, 0.05) is 42.3 Å². The Bertz CT molecular complexity index is 762. The van der Waals surface area contributed by atoms with Gasteiger partial charge in [0.25, 0.3) is 0 Å². The van der Waals surface area contributed by atoms with Crippen molar-refractivity contribution in [2.75, 3.05) is 20.2 Å². The summed E-state index contributed by atoms with van der Waals surface area (Å²) in [6.07, 6.45) is 4.77. The fraction of sp³-hybridized carbons (Fsp3) is 0.429. The van der Waals surface area contributed by atoms with Gasteiger partial charge in [0.05, 0.1) is 6.10 Å². The van der Waals surface area contributed by atoms with Crippen LogP contribution in [0.2, 0.25) is 0 Å². The van der Waals surface area contributed by atoms with E-state index in [-0.39, 0.29) is 29.8 Å². The van der Waals surface area contributed by atoms with E-state index in [9.17, 15) is 14.5 Å². The number of nitroso groups, excluding NO2 is 1. The number of likely N-dealkylation sites (tertiary alicyclic amines) is 1. The maximum absolute atomic E-state index is 13.0. The van der Waals surface area contributed by atoms with Crippen molar-refractivity contribution < 1.29 is 14.3 Å². The first-order valence-electron chi connectivity index (χ1n) is 9.24. The van der Waals surface area contributed by atoms with E-state index in [1.165, 1.54) is 12.7 Å². The Hall–Kier alpha value is -2.44. The lowest BCUT2D eigenvalue weighted by molar-refractivity contribution is -0.121. The van der Waals surface area contributed by atoms with E-state index in [1.807, 2.05) is 18.2 Å². The van der Waals surface area contributed by atoms with Crippen molar-refractivity contribution in [2.45, 2.75) is 31.9 Å². The van der Waals surface area contributed by atoms with Crippen molar-refractivity contribution in [3.05, 3.63) is 64.1 Å². The quantitative estimate of drug-likeness (QED) is 0.722. The number of benzene rings is 1. The number of ketones is 1. The lowest BCUT2D eigenvalue weighted by Crippen LogP contribution is -2.36. The molecule has 1 aromatic carbocycles. The van der Waals surface area contributed by atoms with Gasteiger partial charge in [-0.3, -0.25) is 14.5 Å². The predicted octanol–water partition coefficient (Wildman–Crippen LogP) is 3.03. The molecule has 1 aliphatic carbocycles. The van der Waals surface area contributed by atoms with Crippen molar-refractivity contribution in [1.82, 2.24) is 4.90 Å². The zero-order chi connectivity index (χ0) is 19.2. The van der Waals surface area contributed by atoms with Gasteiger partial charge in [-0.1, -0.05) is 42.5 Å². The highest BCUT2D eigenvalue weighted by Gasteiger charge is 2.31. The van der Waals surface area contributed by atoms with Crippen molar-refractivity contribution >= 4 is 11.7 Å². The summed E-state index contributed by atoms with van der Waals surface area (Å²) in [5.74, 6) is -1.07. The molecule has 1 saturated heterocycles.